The molecule has 8 heteroatoms. The van der Waals surface area contributed by atoms with E-state index in [1.54, 1.807) is 29.7 Å². The first kappa shape index (κ1) is 16.8. The molecule has 0 aliphatic carbocycles. The second kappa shape index (κ2) is 6.92. The number of aromatic nitrogens is 3. The Morgan fingerprint density at radius 2 is 2.16 bits per heavy atom. The van der Waals surface area contributed by atoms with Crippen LogP contribution in [0.15, 0.2) is 51.0 Å². The van der Waals surface area contributed by atoms with Crippen molar-refractivity contribution in [3.05, 3.63) is 62.4 Å². The van der Waals surface area contributed by atoms with Gasteiger partial charge in [0.2, 0.25) is 0 Å². The third kappa shape index (κ3) is 3.25. The lowest BCUT2D eigenvalue weighted by Crippen LogP contribution is -2.12. The highest BCUT2D eigenvalue weighted by atomic mass is 35.5. The molecule has 0 radical (unpaired) electrons. The monoisotopic (exact) mass is 405 g/mol. The molecule has 0 fully saturated rings. The number of aromatic amines is 1. The van der Waals surface area contributed by atoms with Gasteiger partial charge in [0.05, 0.1) is 15.7 Å². The van der Waals surface area contributed by atoms with E-state index in [1.807, 2.05) is 29.8 Å². The molecule has 0 aliphatic rings. The number of fused-ring (bicyclic) bond motifs is 1. The zero-order chi connectivity index (χ0) is 17.4. The van der Waals surface area contributed by atoms with Crippen molar-refractivity contribution in [1.29, 1.82) is 0 Å². The first-order valence-electron chi connectivity index (χ1n) is 7.46. The molecule has 1 unspecified atom stereocenters. The molecule has 0 saturated carbocycles. The van der Waals surface area contributed by atoms with Gasteiger partial charge in [-0.1, -0.05) is 29.4 Å². The largest absolute Gasteiger partial charge is 0.309 e. The fourth-order valence-electron chi connectivity index (χ4n) is 2.45. The van der Waals surface area contributed by atoms with Crippen molar-refractivity contribution in [3.8, 4) is 10.4 Å². The average molecular weight is 406 g/mol. The smallest absolute Gasteiger partial charge is 0.260 e. The lowest BCUT2D eigenvalue weighted by Gasteiger charge is -2.10. The fraction of sp³-hybridized carbons (Fsp3) is 0.118. The van der Waals surface area contributed by atoms with Crippen LogP contribution in [0.3, 0.4) is 0 Å². The second-order valence-electron chi connectivity index (χ2n) is 5.31. The molecule has 0 amide bonds. The second-order valence-corrected chi connectivity index (χ2v) is 8.85. The fourth-order valence-corrected chi connectivity index (χ4v) is 5.34. The number of H-pyrrole nitrogens is 1. The molecule has 4 heterocycles. The number of rotatable bonds is 4. The van der Waals surface area contributed by atoms with Crippen molar-refractivity contribution >= 4 is 56.3 Å². The summed E-state index contributed by atoms with van der Waals surface area (Å²) in [4.78, 5) is 26.4. The van der Waals surface area contributed by atoms with Gasteiger partial charge in [0, 0.05) is 22.0 Å². The summed E-state index contributed by atoms with van der Waals surface area (Å²) in [6, 6.07) is 7.59. The Bertz CT molecular complexity index is 1090. The number of thioether (sulfide) groups is 1. The van der Waals surface area contributed by atoms with Crippen LogP contribution >= 0.6 is 46.0 Å². The lowest BCUT2D eigenvalue weighted by molar-refractivity contribution is 0.921. The van der Waals surface area contributed by atoms with E-state index in [2.05, 4.69) is 15.0 Å². The van der Waals surface area contributed by atoms with Gasteiger partial charge >= 0.3 is 0 Å². The number of nitrogens with one attached hydrogen (secondary N) is 1. The minimum Gasteiger partial charge on any atom is -0.309 e. The zero-order valence-corrected chi connectivity index (χ0v) is 16.2. The Labute approximate surface area is 160 Å². The number of hydrogen-bond donors (Lipinski definition) is 1. The Morgan fingerprint density at radius 3 is 2.92 bits per heavy atom. The summed E-state index contributed by atoms with van der Waals surface area (Å²) < 4.78 is 0. The van der Waals surface area contributed by atoms with Gasteiger partial charge in [-0.05, 0) is 30.5 Å². The minimum absolute atomic E-state index is 0.0724. The summed E-state index contributed by atoms with van der Waals surface area (Å²) >= 11 is 10.8. The molecule has 0 bridgehead atoms. The van der Waals surface area contributed by atoms with Gasteiger partial charge in [0.1, 0.15) is 15.7 Å². The molecule has 126 valence electrons. The van der Waals surface area contributed by atoms with Crippen LogP contribution in [0.4, 0.5) is 0 Å². The van der Waals surface area contributed by atoms with E-state index >= 15 is 0 Å². The molecule has 1 N–H and O–H groups in total. The summed E-state index contributed by atoms with van der Waals surface area (Å²) in [5.41, 5.74) is 0.840. The summed E-state index contributed by atoms with van der Waals surface area (Å²) in [5, 5.41) is 5.91. The summed E-state index contributed by atoms with van der Waals surface area (Å²) in [5.74, 6) is 0.629. The van der Waals surface area contributed by atoms with Gasteiger partial charge in [0.15, 0.2) is 0 Å². The number of hydrogen-bond acceptors (Lipinski definition) is 6. The molecular weight excluding hydrogens is 394 g/mol. The maximum absolute atomic E-state index is 12.7. The highest BCUT2D eigenvalue weighted by molar-refractivity contribution is 7.99. The average Bonchev–Trinajstić information content (AvgIpc) is 3.25. The SMILES string of the molecule is CC(Sc1ncccc1Cl)c1nc2scc(-c3cccs3)c2c(=O)[nH]1. The van der Waals surface area contributed by atoms with Gasteiger partial charge in [0.25, 0.3) is 5.56 Å². The highest BCUT2D eigenvalue weighted by Crippen LogP contribution is 2.37. The van der Waals surface area contributed by atoms with Crippen LogP contribution in [0, 0.1) is 0 Å². The molecular formula is C17H12ClN3OS3. The molecule has 25 heavy (non-hydrogen) atoms. The van der Waals surface area contributed by atoms with Crippen LogP contribution in [0.25, 0.3) is 20.7 Å². The van der Waals surface area contributed by atoms with Crippen molar-refractivity contribution in [2.75, 3.05) is 0 Å². The van der Waals surface area contributed by atoms with Crippen LogP contribution < -0.4 is 5.56 Å². The standard InChI is InChI=1S/C17H12ClN3OS3/c1-9(25-16-11(18)4-2-6-19-16)14-20-15(22)13-10(8-24-17(13)21-14)12-5-3-7-23-12/h2-9H,1H3,(H,20,21,22). The Kier molecular flexibility index (Phi) is 4.64. The van der Waals surface area contributed by atoms with E-state index in [0.717, 1.165) is 20.3 Å². The van der Waals surface area contributed by atoms with Crippen LogP contribution in [-0.4, -0.2) is 15.0 Å². The van der Waals surface area contributed by atoms with Gasteiger partial charge in [-0.25, -0.2) is 9.97 Å². The number of nitrogens with zero attached hydrogens (tertiary/aromatic N) is 2. The van der Waals surface area contributed by atoms with Gasteiger partial charge < -0.3 is 4.98 Å². The van der Waals surface area contributed by atoms with Crippen molar-refractivity contribution in [3.63, 3.8) is 0 Å². The Morgan fingerprint density at radius 1 is 1.28 bits per heavy atom. The van der Waals surface area contributed by atoms with E-state index in [1.165, 1.54) is 23.1 Å². The van der Waals surface area contributed by atoms with Crippen molar-refractivity contribution < 1.29 is 0 Å². The third-order valence-electron chi connectivity index (χ3n) is 3.65. The van der Waals surface area contributed by atoms with Crippen LogP contribution in [0.1, 0.15) is 18.0 Å². The number of thiophene rings is 2. The molecule has 0 saturated heterocycles. The van der Waals surface area contributed by atoms with E-state index in [-0.39, 0.29) is 10.8 Å². The Balaban J connectivity index is 1.72. The zero-order valence-electron chi connectivity index (χ0n) is 13.0. The van der Waals surface area contributed by atoms with Crippen LogP contribution in [0.5, 0.6) is 0 Å². The summed E-state index contributed by atoms with van der Waals surface area (Å²) in [7, 11) is 0. The first-order valence-corrected chi connectivity index (χ1v) is 10.5. The van der Waals surface area contributed by atoms with Gasteiger partial charge in [-0.15, -0.1) is 22.7 Å². The van der Waals surface area contributed by atoms with E-state index in [9.17, 15) is 4.79 Å². The van der Waals surface area contributed by atoms with Gasteiger partial charge in [-0.2, -0.15) is 0 Å². The topological polar surface area (TPSA) is 58.6 Å². The van der Waals surface area contributed by atoms with Crippen LogP contribution in [0.2, 0.25) is 5.02 Å². The predicted octanol–water partition coefficient (Wildman–Crippen LogP) is 5.61. The first-order chi connectivity index (χ1) is 12.1. The van der Waals surface area contributed by atoms with Crippen molar-refractivity contribution in [2.24, 2.45) is 0 Å². The molecule has 4 aromatic rings. The lowest BCUT2D eigenvalue weighted by atomic mass is 10.2. The minimum atomic E-state index is -0.107. The normalized spacial score (nSPS) is 12.6. The maximum atomic E-state index is 12.7. The quantitative estimate of drug-likeness (QED) is 0.448. The van der Waals surface area contributed by atoms with E-state index in [0.29, 0.717) is 16.2 Å². The number of halogens is 1. The number of pyridine rings is 1. The molecule has 4 nitrogen and oxygen atoms in total. The molecule has 4 aromatic heterocycles. The van der Waals surface area contributed by atoms with Crippen molar-refractivity contribution in [1.82, 2.24) is 15.0 Å². The molecule has 1 atom stereocenters. The third-order valence-corrected chi connectivity index (χ3v) is 6.96. The van der Waals surface area contributed by atoms with Crippen molar-refractivity contribution in [2.45, 2.75) is 17.2 Å². The van der Waals surface area contributed by atoms with E-state index < -0.39 is 0 Å². The van der Waals surface area contributed by atoms with Gasteiger partial charge in [-0.3, -0.25) is 4.79 Å². The molecule has 4 rings (SSSR count). The molecule has 0 spiro atoms. The highest BCUT2D eigenvalue weighted by Gasteiger charge is 2.18. The summed E-state index contributed by atoms with van der Waals surface area (Å²) in [6.07, 6.45) is 1.70. The molecule has 0 aliphatic heterocycles. The predicted molar refractivity (Wildman–Crippen MR) is 107 cm³/mol. The summed E-state index contributed by atoms with van der Waals surface area (Å²) in [6.45, 7) is 1.98. The Hall–Kier alpha value is -1.67. The molecule has 0 aromatic carbocycles. The maximum Gasteiger partial charge on any atom is 0.260 e. The van der Waals surface area contributed by atoms with E-state index in [4.69, 9.17) is 11.6 Å². The van der Waals surface area contributed by atoms with Crippen LogP contribution in [-0.2, 0) is 0 Å².